The highest BCUT2D eigenvalue weighted by Gasteiger charge is 2.52. The molecule has 0 unspecified atom stereocenters. The fourth-order valence-corrected chi connectivity index (χ4v) is 4.85. The zero-order chi connectivity index (χ0) is 33.1. The van der Waals surface area contributed by atoms with Crippen LogP contribution in [0.15, 0.2) is 0 Å². The second-order valence-corrected chi connectivity index (χ2v) is 18.1. The van der Waals surface area contributed by atoms with Crippen LogP contribution in [0, 0.1) is 0 Å². The predicted octanol–water partition coefficient (Wildman–Crippen LogP) is 2.67. The number of nitrogens with one attached hydrogen (secondary N) is 1. The average Bonchev–Trinajstić information content (AvgIpc) is 2.80. The van der Waals surface area contributed by atoms with E-state index in [2.05, 4.69) is 25.0 Å². The maximum absolute atomic E-state index is 13.1. The van der Waals surface area contributed by atoms with Crippen molar-refractivity contribution in [1.82, 2.24) is 5.32 Å². The summed E-state index contributed by atoms with van der Waals surface area (Å²) in [5, 5.41) is 2.53. The Balaban J connectivity index is 3.36. The van der Waals surface area contributed by atoms with Gasteiger partial charge in [0.2, 0.25) is 0 Å². The van der Waals surface area contributed by atoms with E-state index in [-0.39, 0.29) is 26.1 Å². The van der Waals surface area contributed by atoms with Gasteiger partial charge in [0.25, 0.3) is 0 Å². The third-order valence-corrected chi connectivity index (χ3v) is 7.60. The van der Waals surface area contributed by atoms with Crippen LogP contribution in [0.1, 0.15) is 61.3 Å². The number of carbonyl (C=O) groups excluding carboxylic acids is 6. The lowest BCUT2D eigenvalue weighted by Gasteiger charge is -2.44. The van der Waals surface area contributed by atoms with Crippen molar-refractivity contribution in [2.75, 3.05) is 13.2 Å². The Bertz CT molecular complexity index is 1000. The van der Waals surface area contributed by atoms with Crippen LogP contribution in [-0.2, 0) is 57.1 Å². The van der Waals surface area contributed by atoms with Crippen LogP contribution in [0.3, 0.4) is 0 Å². The zero-order valence-electron chi connectivity index (χ0n) is 26.8. The number of amides is 1. The fraction of sp³-hybridized carbons (Fsp3) is 0.786. The summed E-state index contributed by atoms with van der Waals surface area (Å²) in [5.74, 6) is -3.60. The Morgan fingerprint density at radius 2 is 1.28 bits per heavy atom. The minimum Gasteiger partial charge on any atom is -0.464 e. The van der Waals surface area contributed by atoms with Gasteiger partial charge in [-0.2, -0.15) is 0 Å². The molecule has 1 heterocycles. The number of carbonyl (C=O) groups is 6. The first-order valence-electron chi connectivity index (χ1n) is 14.1. The molecule has 0 spiro atoms. The minimum atomic E-state index is -1.53. The molecule has 15 heteroatoms. The molecule has 0 bridgehead atoms. The number of alkyl carbamates (subject to hydrolysis) is 1. The molecule has 43 heavy (non-hydrogen) atoms. The first-order chi connectivity index (χ1) is 19.7. The number of hydrogen-bond acceptors (Lipinski definition) is 13. The maximum atomic E-state index is 13.1. The molecule has 1 amide bonds. The monoisotopic (exact) mass is 633 g/mol. The van der Waals surface area contributed by atoms with E-state index in [9.17, 15) is 28.8 Å². The molecular weight excluding hydrogens is 586 g/mol. The van der Waals surface area contributed by atoms with E-state index in [0.29, 0.717) is 6.04 Å². The topological polar surface area (TPSA) is 179 Å². The predicted molar refractivity (Wildman–Crippen MR) is 153 cm³/mol. The number of hydrogen-bond donors (Lipinski definition) is 1. The van der Waals surface area contributed by atoms with Crippen molar-refractivity contribution < 1.29 is 61.9 Å². The molecule has 14 nitrogen and oxygen atoms in total. The van der Waals surface area contributed by atoms with Gasteiger partial charge in [-0.3, -0.25) is 19.2 Å². The van der Waals surface area contributed by atoms with Gasteiger partial charge >= 0.3 is 35.9 Å². The van der Waals surface area contributed by atoms with Gasteiger partial charge in [0.15, 0.2) is 18.3 Å². The van der Waals surface area contributed by atoms with E-state index in [1.165, 1.54) is 6.92 Å². The molecule has 1 rings (SSSR count). The minimum absolute atomic E-state index is 0.0390. The Morgan fingerprint density at radius 1 is 0.767 bits per heavy atom. The first kappa shape index (κ1) is 37.8. The van der Waals surface area contributed by atoms with Crippen molar-refractivity contribution in [2.45, 2.75) is 129 Å². The van der Waals surface area contributed by atoms with E-state index < -0.39 is 86.2 Å². The standard InChI is InChI=1S/C28H47NO13Si/c1-16(30)37-15-22-24(39-18(3)32)25(40-19(4)33)23(38-17(2)31)21(41-22)12-11-20(29-27(35)42-28(5,6)7)26(34)36-13-14-43(8,9)10/h20-25H,11-15H2,1-10H3,(H,29,35)/t20-,21-,22-,23-,24-,25-/m1/s1. The van der Waals surface area contributed by atoms with E-state index in [1.54, 1.807) is 20.8 Å². The zero-order valence-corrected chi connectivity index (χ0v) is 27.8. The Kier molecular flexibility index (Phi) is 14.6. The van der Waals surface area contributed by atoms with Crippen molar-refractivity contribution in [1.29, 1.82) is 0 Å². The Hall–Kier alpha value is -3.20. The first-order valence-corrected chi connectivity index (χ1v) is 17.9. The summed E-state index contributed by atoms with van der Waals surface area (Å²) >= 11 is 0. The molecule has 246 valence electrons. The fourth-order valence-electron chi connectivity index (χ4n) is 4.14. The van der Waals surface area contributed by atoms with Gasteiger partial charge in [-0.25, -0.2) is 9.59 Å². The second kappa shape index (κ2) is 16.6. The SMILES string of the molecule is CC(=O)OC[C@H]1O[C@H](CC[C@@H](NC(=O)OC(C)(C)C)C(=O)OCC[Si](C)(C)C)[C@@H](OC(C)=O)[C@@H](OC(C)=O)[C@@H]1OC(C)=O. The molecular formula is C28H47NO13Si. The molecule has 6 atom stereocenters. The van der Waals surface area contributed by atoms with Crippen molar-refractivity contribution in [2.24, 2.45) is 0 Å². The lowest BCUT2D eigenvalue weighted by atomic mass is 9.91. The highest BCUT2D eigenvalue weighted by atomic mass is 28.3. The summed E-state index contributed by atoms with van der Waals surface area (Å²) < 4.78 is 38.3. The third-order valence-electron chi connectivity index (χ3n) is 5.90. The quantitative estimate of drug-likeness (QED) is 0.178. The second-order valence-electron chi connectivity index (χ2n) is 12.5. The molecule has 0 radical (unpaired) electrons. The summed E-state index contributed by atoms with van der Waals surface area (Å²) in [4.78, 5) is 73.4. The van der Waals surface area contributed by atoms with Crippen LogP contribution in [0.25, 0.3) is 0 Å². The maximum Gasteiger partial charge on any atom is 0.408 e. The van der Waals surface area contributed by atoms with Crippen LogP contribution >= 0.6 is 0 Å². The molecule has 1 aliphatic heterocycles. The molecule has 1 saturated heterocycles. The van der Waals surface area contributed by atoms with E-state index in [1.807, 2.05) is 0 Å². The van der Waals surface area contributed by atoms with Gasteiger partial charge in [-0.1, -0.05) is 19.6 Å². The van der Waals surface area contributed by atoms with Crippen molar-refractivity contribution in [3.63, 3.8) is 0 Å². The third kappa shape index (κ3) is 15.2. The molecule has 0 aromatic rings. The molecule has 0 aromatic carbocycles. The van der Waals surface area contributed by atoms with Crippen LogP contribution in [0.4, 0.5) is 4.79 Å². The van der Waals surface area contributed by atoms with Crippen molar-refractivity contribution in [3.05, 3.63) is 0 Å². The molecule has 0 saturated carbocycles. The average molecular weight is 634 g/mol. The molecule has 1 fully saturated rings. The Labute approximate surface area is 253 Å². The van der Waals surface area contributed by atoms with Crippen LogP contribution in [-0.4, -0.2) is 99.4 Å². The number of esters is 5. The molecule has 1 aliphatic rings. The number of ether oxygens (including phenoxy) is 7. The summed E-state index contributed by atoms with van der Waals surface area (Å²) in [6, 6.07) is -0.472. The van der Waals surface area contributed by atoms with E-state index in [0.717, 1.165) is 20.8 Å². The molecule has 0 aliphatic carbocycles. The molecule has 0 aromatic heterocycles. The number of rotatable bonds is 13. The summed E-state index contributed by atoms with van der Waals surface area (Å²) in [6.07, 6.45) is -7.07. The molecule has 1 N–H and O–H groups in total. The lowest BCUT2D eigenvalue weighted by Crippen LogP contribution is -2.62. The highest BCUT2D eigenvalue weighted by molar-refractivity contribution is 6.76. The summed E-state index contributed by atoms with van der Waals surface area (Å²) in [5.41, 5.74) is -0.837. The van der Waals surface area contributed by atoms with Gasteiger partial charge in [-0.15, -0.1) is 0 Å². The van der Waals surface area contributed by atoms with Gasteiger partial charge in [0.1, 0.15) is 24.4 Å². The van der Waals surface area contributed by atoms with Gasteiger partial charge in [0.05, 0.1) is 12.7 Å². The van der Waals surface area contributed by atoms with Crippen molar-refractivity contribution in [3.8, 4) is 0 Å². The van der Waals surface area contributed by atoms with Crippen LogP contribution in [0.2, 0.25) is 25.7 Å². The van der Waals surface area contributed by atoms with Crippen molar-refractivity contribution >= 4 is 44.0 Å². The van der Waals surface area contributed by atoms with Crippen LogP contribution < -0.4 is 5.32 Å². The normalized spacial score (nSPS) is 22.8. The van der Waals surface area contributed by atoms with E-state index in [4.69, 9.17) is 33.2 Å². The van der Waals surface area contributed by atoms with Gasteiger partial charge in [0, 0.05) is 35.8 Å². The smallest absolute Gasteiger partial charge is 0.408 e. The van der Waals surface area contributed by atoms with Crippen LogP contribution in [0.5, 0.6) is 0 Å². The summed E-state index contributed by atoms with van der Waals surface area (Å²) in [7, 11) is -1.53. The lowest BCUT2D eigenvalue weighted by molar-refractivity contribution is -0.253. The largest absolute Gasteiger partial charge is 0.464 e. The van der Waals surface area contributed by atoms with Gasteiger partial charge < -0.3 is 38.5 Å². The highest BCUT2D eigenvalue weighted by Crippen LogP contribution is 2.31. The van der Waals surface area contributed by atoms with Gasteiger partial charge in [-0.05, 0) is 39.7 Å². The summed E-state index contributed by atoms with van der Waals surface area (Å²) in [6.45, 7) is 15.7. The van der Waals surface area contributed by atoms with E-state index >= 15 is 0 Å². The Morgan fingerprint density at radius 3 is 1.74 bits per heavy atom.